The molecular weight excluding hydrogens is 280 g/mol. The smallest absolute Gasteiger partial charge is 0.149 e. The molecule has 88 valence electrons. The average molecular weight is 293 g/mol. The molecule has 2 aromatic rings. The quantitative estimate of drug-likeness (QED) is 0.795. The van der Waals surface area contributed by atoms with Crippen LogP contribution < -0.4 is 16.8 Å². The summed E-state index contributed by atoms with van der Waals surface area (Å²) in [4.78, 5) is 4.15. The molecule has 1 heterocycles. The van der Waals surface area contributed by atoms with Crippen molar-refractivity contribution in [2.24, 2.45) is 0 Å². The first-order valence-corrected chi connectivity index (χ1v) is 5.90. The van der Waals surface area contributed by atoms with Crippen molar-refractivity contribution in [3.8, 4) is 0 Å². The van der Waals surface area contributed by atoms with Crippen LogP contribution in [-0.2, 0) is 0 Å². The van der Waals surface area contributed by atoms with Crippen LogP contribution in [0.4, 0.5) is 23.0 Å². The highest BCUT2D eigenvalue weighted by Gasteiger charge is 2.01. The van der Waals surface area contributed by atoms with E-state index in [0.717, 1.165) is 15.7 Å². The van der Waals surface area contributed by atoms with Gasteiger partial charge in [-0.05, 0) is 42.8 Å². The van der Waals surface area contributed by atoms with E-state index in [1.807, 2.05) is 25.1 Å². The number of halogens is 1. The molecule has 0 radical (unpaired) electrons. The number of anilines is 4. The Kier molecular flexibility index (Phi) is 3.19. The van der Waals surface area contributed by atoms with Crippen LogP contribution in [-0.4, -0.2) is 4.98 Å². The molecule has 0 saturated heterocycles. The first-order chi connectivity index (χ1) is 8.04. The first kappa shape index (κ1) is 11.7. The fourth-order valence-corrected chi connectivity index (χ4v) is 2.12. The van der Waals surface area contributed by atoms with Crippen molar-refractivity contribution >= 4 is 38.9 Å². The summed E-state index contributed by atoms with van der Waals surface area (Å²) in [6.07, 6.45) is 0. The fraction of sp³-hybridized carbons (Fsp3) is 0.0833. The Morgan fingerprint density at radius 3 is 2.59 bits per heavy atom. The van der Waals surface area contributed by atoms with Crippen LogP contribution in [0, 0.1) is 6.92 Å². The lowest BCUT2D eigenvalue weighted by molar-refractivity contribution is 1.31. The van der Waals surface area contributed by atoms with Crippen molar-refractivity contribution in [1.82, 2.24) is 4.98 Å². The highest BCUT2D eigenvalue weighted by Crippen LogP contribution is 2.23. The summed E-state index contributed by atoms with van der Waals surface area (Å²) >= 11 is 3.45. The molecular formula is C12H13BrN4. The second kappa shape index (κ2) is 4.63. The van der Waals surface area contributed by atoms with Gasteiger partial charge >= 0.3 is 0 Å². The number of nitrogen functional groups attached to an aromatic ring is 2. The standard InChI is InChI=1S/C12H13BrN4/c1-7-4-8(13)6-9(5-7)16-11-3-2-10(14)12(15)17-11/h2-6H,14H2,1H3,(H3,15,16,17). The highest BCUT2D eigenvalue weighted by molar-refractivity contribution is 9.10. The third-order valence-electron chi connectivity index (χ3n) is 2.27. The van der Waals surface area contributed by atoms with Crippen molar-refractivity contribution in [2.75, 3.05) is 16.8 Å². The van der Waals surface area contributed by atoms with Gasteiger partial charge in [-0.15, -0.1) is 0 Å². The van der Waals surface area contributed by atoms with Crippen molar-refractivity contribution in [2.45, 2.75) is 6.92 Å². The molecule has 0 fully saturated rings. The molecule has 0 unspecified atom stereocenters. The van der Waals surface area contributed by atoms with E-state index in [-0.39, 0.29) is 0 Å². The monoisotopic (exact) mass is 292 g/mol. The molecule has 2 rings (SSSR count). The van der Waals surface area contributed by atoms with Crippen LogP contribution in [0.1, 0.15) is 5.56 Å². The Hall–Kier alpha value is -1.75. The Labute approximate surface area is 108 Å². The van der Waals surface area contributed by atoms with E-state index >= 15 is 0 Å². The summed E-state index contributed by atoms with van der Waals surface area (Å²) in [7, 11) is 0. The molecule has 0 aliphatic heterocycles. The van der Waals surface area contributed by atoms with Crippen LogP contribution in [0.5, 0.6) is 0 Å². The number of pyridine rings is 1. The van der Waals surface area contributed by atoms with Crippen molar-refractivity contribution in [3.63, 3.8) is 0 Å². The van der Waals surface area contributed by atoms with Gasteiger partial charge in [0, 0.05) is 10.2 Å². The van der Waals surface area contributed by atoms with Gasteiger partial charge < -0.3 is 16.8 Å². The molecule has 1 aromatic carbocycles. The number of aryl methyl sites for hydroxylation is 1. The largest absolute Gasteiger partial charge is 0.396 e. The zero-order valence-electron chi connectivity index (χ0n) is 9.37. The molecule has 0 bridgehead atoms. The van der Waals surface area contributed by atoms with Crippen molar-refractivity contribution < 1.29 is 0 Å². The van der Waals surface area contributed by atoms with Crippen molar-refractivity contribution in [1.29, 1.82) is 0 Å². The maximum absolute atomic E-state index is 5.65. The zero-order valence-corrected chi connectivity index (χ0v) is 11.0. The number of nitrogens with two attached hydrogens (primary N) is 2. The van der Waals surface area contributed by atoms with E-state index in [0.29, 0.717) is 17.3 Å². The molecule has 0 spiro atoms. The molecule has 1 aromatic heterocycles. The van der Waals surface area contributed by atoms with E-state index in [9.17, 15) is 0 Å². The van der Waals surface area contributed by atoms with E-state index in [1.54, 1.807) is 12.1 Å². The van der Waals surface area contributed by atoms with Gasteiger partial charge in [-0.2, -0.15) is 0 Å². The number of nitrogens with zero attached hydrogens (tertiary/aromatic N) is 1. The maximum Gasteiger partial charge on any atom is 0.149 e. The first-order valence-electron chi connectivity index (χ1n) is 5.11. The molecule has 5 N–H and O–H groups in total. The van der Waals surface area contributed by atoms with Crippen molar-refractivity contribution in [3.05, 3.63) is 40.4 Å². The molecule has 0 saturated carbocycles. The third kappa shape index (κ3) is 2.88. The average Bonchev–Trinajstić information content (AvgIpc) is 2.22. The minimum atomic E-state index is 0.335. The number of benzene rings is 1. The van der Waals surface area contributed by atoms with Crippen LogP contribution in [0.3, 0.4) is 0 Å². The van der Waals surface area contributed by atoms with Crippen LogP contribution in [0.25, 0.3) is 0 Å². The molecule has 4 nitrogen and oxygen atoms in total. The van der Waals surface area contributed by atoms with Gasteiger partial charge in [0.1, 0.15) is 11.6 Å². The molecule has 17 heavy (non-hydrogen) atoms. The van der Waals surface area contributed by atoms with E-state index in [1.165, 1.54) is 0 Å². The highest BCUT2D eigenvalue weighted by atomic mass is 79.9. The maximum atomic E-state index is 5.65. The normalized spacial score (nSPS) is 10.2. The fourth-order valence-electron chi connectivity index (χ4n) is 1.51. The van der Waals surface area contributed by atoms with E-state index < -0.39 is 0 Å². The minimum absolute atomic E-state index is 0.335. The van der Waals surface area contributed by atoms with Gasteiger partial charge in [0.15, 0.2) is 0 Å². The SMILES string of the molecule is Cc1cc(Br)cc(Nc2ccc(N)c(N)n2)c1. The minimum Gasteiger partial charge on any atom is -0.396 e. The Balaban J connectivity index is 2.28. The lowest BCUT2D eigenvalue weighted by atomic mass is 10.2. The lowest BCUT2D eigenvalue weighted by Gasteiger charge is -2.08. The van der Waals surface area contributed by atoms with Gasteiger partial charge in [-0.25, -0.2) is 4.98 Å². The summed E-state index contributed by atoms with van der Waals surface area (Å²) < 4.78 is 1.02. The summed E-state index contributed by atoms with van der Waals surface area (Å²) in [5, 5.41) is 3.18. The Morgan fingerprint density at radius 1 is 1.18 bits per heavy atom. The number of hydrogen-bond acceptors (Lipinski definition) is 4. The van der Waals surface area contributed by atoms with Gasteiger partial charge in [-0.1, -0.05) is 15.9 Å². The molecule has 0 atom stereocenters. The summed E-state index contributed by atoms with van der Waals surface area (Å²) in [6.45, 7) is 2.03. The zero-order chi connectivity index (χ0) is 12.4. The third-order valence-corrected chi connectivity index (χ3v) is 2.73. The lowest BCUT2D eigenvalue weighted by Crippen LogP contribution is -2.01. The van der Waals surface area contributed by atoms with Crippen LogP contribution in [0.2, 0.25) is 0 Å². The van der Waals surface area contributed by atoms with Crippen LogP contribution in [0.15, 0.2) is 34.8 Å². The molecule has 0 aliphatic carbocycles. The van der Waals surface area contributed by atoms with E-state index in [4.69, 9.17) is 11.5 Å². The summed E-state index contributed by atoms with van der Waals surface area (Å²) in [5.41, 5.74) is 13.9. The number of aromatic nitrogens is 1. The number of hydrogen-bond donors (Lipinski definition) is 3. The number of rotatable bonds is 2. The second-order valence-electron chi connectivity index (χ2n) is 3.81. The van der Waals surface area contributed by atoms with Gasteiger partial charge in [0.2, 0.25) is 0 Å². The molecule has 0 aliphatic rings. The Morgan fingerprint density at radius 2 is 1.94 bits per heavy atom. The molecule has 5 heteroatoms. The predicted molar refractivity (Wildman–Crippen MR) is 75.2 cm³/mol. The summed E-state index contributed by atoms with van der Waals surface area (Å²) in [5.74, 6) is 1.01. The van der Waals surface area contributed by atoms with Crippen LogP contribution >= 0.6 is 15.9 Å². The summed E-state index contributed by atoms with van der Waals surface area (Å²) in [6, 6.07) is 9.56. The predicted octanol–water partition coefficient (Wildman–Crippen LogP) is 3.06. The van der Waals surface area contributed by atoms with Gasteiger partial charge in [0.05, 0.1) is 5.69 Å². The van der Waals surface area contributed by atoms with Gasteiger partial charge in [-0.3, -0.25) is 0 Å². The second-order valence-corrected chi connectivity index (χ2v) is 4.73. The Bertz CT molecular complexity index is 534. The van der Waals surface area contributed by atoms with E-state index in [2.05, 4.69) is 26.2 Å². The number of nitrogens with one attached hydrogen (secondary N) is 1. The topological polar surface area (TPSA) is 77.0 Å². The molecule has 0 amide bonds. The van der Waals surface area contributed by atoms with Gasteiger partial charge in [0.25, 0.3) is 0 Å².